The summed E-state index contributed by atoms with van der Waals surface area (Å²) in [6.07, 6.45) is 0.804. The lowest BCUT2D eigenvalue weighted by Gasteiger charge is -2.13. The molecule has 1 amide bonds. The van der Waals surface area contributed by atoms with Crippen molar-refractivity contribution in [2.24, 2.45) is 0 Å². The van der Waals surface area contributed by atoms with Gasteiger partial charge in [-0.05, 0) is 64.0 Å². The van der Waals surface area contributed by atoms with Gasteiger partial charge in [-0.3, -0.25) is 10.1 Å². The van der Waals surface area contributed by atoms with Gasteiger partial charge in [0.15, 0.2) is 5.11 Å². The van der Waals surface area contributed by atoms with Crippen molar-refractivity contribution in [2.45, 2.75) is 6.42 Å². The number of anilines is 1. The van der Waals surface area contributed by atoms with Gasteiger partial charge in [0.1, 0.15) is 11.5 Å². The number of halogens is 1. The predicted molar refractivity (Wildman–Crippen MR) is 126 cm³/mol. The Morgan fingerprint density at radius 2 is 1.73 bits per heavy atom. The summed E-state index contributed by atoms with van der Waals surface area (Å²) < 4.78 is 11.8. The fraction of sp³-hybridized carbons (Fsp3) is 0.130. The third-order valence-electron chi connectivity index (χ3n) is 4.27. The molecule has 0 aromatic heterocycles. The molecule has 154 valence electrons. The molecule has 0 spiro atoms. The number of nitrogens with one attached hydrogen (secondary N) is 2. The highest BCUT2D eigenvalue weighted by molar-refractivity contribution is 9.10. The Bertz CT molecular complexity index is 1030. The minimum Gasteiger partial charge on any atom is -0.495 e. The number of carbonyl (C=O) groups is 1. The highest BCUT2D eigenvalue weighted by atomic mass is 79.9. The molecule has 30 heavy (non-hydrogen) atoms. The van der Waals surface area contributed by atoms with Gasteiger partial charge < -0.3 is 14.8 Å². The molecule has 0 atom stereocenters. The van der Waals surface area contributed by atoms with Gasteiger partial charge in [0, 0.05) is 12.0 Å². The zero-order valence-corrected chi connectivity index (χ0v) is 18.8. The van der Waals surface area contributed by atoms with E-state index < -0.39 is 0 Å². The maximum Gasteiger partial charge on any atom is 0.257 e. The summed E-state index contributed by atoms with van der Waals surface area (Å²) in [5.74, 6) is 0.991. The Morgan fingerprint density at radius 1 is 1.00 bits per heavy atom. The molecule has 5 nitrogen and oxygen atoms in total. The number of thiocarbonyl (C=S) groups is 1. The van der Waals surface area contributed by atoms with E-state index in [9.17, 15) is 4.79 Å². The molecule has 2 N–H and O–H groups in total. The van der Waals surface area contributed by atoms with Crippen LogP contribution in [0.15, 0.2) is 77.3 Å². The summed E-state index contributed by atoms with van der Waals surface area (Å²) in [5, 5.41) is 5.83. The number of benzene rings is 3. The fourth-order valence-corrected chi connectivity index (χ4v) is 3.46. The molecule has 0 unspecified atom stereocenters. The van der Waals surface area contributed by atoms with E-state index in [2.05, 4.69) is 38.7 Å². The summed E-state index contributed by atoms with van der Waals surface area (Å²) in [6.45, 7) is 0.543. The van der Waals surface area contributed by atoms with Crippen LogP contribution in [0.1, 0.15) is 15.9 Å². The largest absolute Gasteiger partial charge is 0.495 e. The lowest BCUT2D eigenvalue weighted by molar-refractivity contribution is 0.0977. The summed E-state index contributed by atoms with van der Waals surface area (Å²) in [4.78, 5) is 12.5. The van der Waals surface area contributed by atoms with Crippen LogP contribution in [0.2, 0.25) is 0 Å². The minimum atomic E-state index is -0.320. The third-order valence-corrected chi connectivity index (χ3v) is 5.09. The second-order valence-electron chi connectivity index (χ2n) is 6.34. The fourth-order valence-electron chi connectivity index (χ4n) is 2.76. The Morgan fingerprint density at radius 3 is 2.47 bits per heavy atom. The standard InChI is InChI=1S/C23H21BrN2O3S/c1-28-21-10-6-5-9-19(21)25-23(30)26-22(27)17-11-12-20(18(24)15-17)29-14-13-16-7-3-2-4-8-16/h2-12,15H,13-14H2,1H3,(H2,25,26,27,30). The van der Waals surface area contributed by atoms with E-state index in [0.29, 0.717) is 33.8 Å². The maximum atomic E-state index is 12.5. The first kappa shape index (κ1) is 21.8. The van der Waals surface area contributed by atoms with Crippen LogP contribution in [0.3, 0.4) is 0 Å². The summed E-state index contributed by atoms with van der Waals surface area (Å²) >= 11 is 8.72. The van der Waals surface area contributed by atoms with E-state index in [1.807, 2.05) is 36.4 Å². The van der Waals surface area contributed by atoms with Gasteiger partial charge in [-0.15, -0.1) is 0 Å². The molecule has 3 aromatic carbocycles. The molecule has 0 saturated carbocycles. The van der Waals surface area contributed by atoms with Crippen LogP contribution in [0.5, 0.6) is 11.5 Å². The molecular weight excluding hydrogens is 464 g/mol. The topological polar surface area (TPSA) is 59.6 Å². The third kappa shape index (κ3) is 6.05. The zero-order chi connectivity index (χ0) is 21.3. The number of para-hydroxylation sites is 2. The summed E-state index contributed by atoms with van der Waals surface area (Å²) in [7, 11) is 1.57. The molecule has 0 aliphatic rings. The average Bonchev–Trinajstić information content (AvgIpc) is 2.76. The van der Waals surface area contributed by atoms with Crippen LogP contribution >= 0.6 is 28.1 Å². The van der Waals surface area contributed by atoms with Gasteiger partial charge >= 0.3 is 0 Å². The highest BCUT2D eigenvalue weighted by Gasteiger charge is 2.12. The average molecular weight is 485 g/mol. The summed E-state index contributed by atoms with van der Waals surface area (Å²) in [5.41, 5.74) is 2.34. The quantitative estimate of drug-likeness (QED) is 0.451. The second-order valence-corrected chi connectivity index (χ2v) is 7.60. The molecule has 0 heterocycles. The van der Waals surface area contributed by atoms with Gasteiger partial charge in [-0.1, -0.05) is 42.5 Å². The van der Waals surface area contributed by atoms with Gasteiger partial charge in [-0.25, -0.2) is 0 Å². The van der Waals surface area contributed by atoms with E-state index in [4.69, 9.17) is 21.7 Å². The number of hydrogen-bond donors (Lipinski definition) is 2. The summed E-state index contributed by atoms with van der Waals surface area (Å²) in [6, 6.07) is 22.6. The predicted octanol–water partition coefficient (Wildman–Crippen LogP) is 5.21. The molecule has 0 saturated heterocycles. The van der Waals surface area contributed by atoms with E-state index in [1.54, 1.807) is 31.4 Å². The first-order valence-electron chi connectivity index (χ1n) is 9.28. The number of methoxy groups -OCH3 is 1. The molecule has 0 aliphatic heterocycles. The van der Waals surface area contributed by atoms with E-state index in [1.165, 1.54) is 5.56 Å². The lowest BCUT2D eigenvalue weighted by atomic mass is 10.2. The minimum absolute atomic E-state index is 0.184. The Balaban J connectivity index is 1.55. The number of carbonyl (C=O) groups excluding carboxylic acids is 1. The van der Waals surface area contributed by atoms with Crippen LogP contribution in [0.25, 0.3) is 0 Å². The Hall–Kier alpha value is -2.90. The Labute approximate surface area is 189 Å². The van der Waals surface area contributed by atoms with Crippen LogP contribution in [0, 0.1) is 0 Å². The number of ether oxygens (including phenoxy) is 2. The van der Waals surface area contributed by atoms with Crippen LogP contribution < -0.4 is 20.1 Å². The van der Waals surface area contributed by atoms with Gasteiger partial charge in [0.2, 0.25) is 0 Å². The van der Waals surface area contributed by atoms with E-state index in [0.717, 1.165) is 6.42 Å². The van der Waals surface area contributed by atoms with Crippen molar-refractivity contribution in [1.82, 2.24) is 5.32 Å². The van der Waals surface area contributed by atoms with Crippen LogP contribution in [-0.2, 0) is 6.42 Å². The highest BCUT2D eigenvalue weighted by Crippen LogP contribution is 2.26. The molecule has 3 rings (SSSR count). The lowest BCUT2D eigenvalue weighted by Crippen LogP contribution is -2.34. The van der Waals surface area contributed by atoms with Crippen LogP contribution in [0.4, 0.5) is 5.69 Å². The Kier molecular flexibility index (Phi) is 7.82. The molecule has 0 radical (unpaired) electrons. The van der Waals surface area contributed by atoms with Crippen LogP contribution in [-0.4, -0.2) is 24.7 Å². The molecule has 0 fully saturated rings. The number of hydrogen-bond acceptors (Lipinski definition) is 4. The van der Waals surface area contributed by atoms with Crippen molar-refractivity contribution in [3.8, 4) is 11.5 Å². The SMILES string of the molecule is COc1ccccc1NC(=S)NC(=O)c1ccc(OCCc2ccccc2)c(Br)c1. The van der Waals surface area contributed by atoms with E-state index >= 15 is 0 Å². The normalized spacial score (nSPS) is 10.2. The molecule has 3 aromatic rings. The number of amides is 1. The van der Waals surface area contributed by atoms with Crippen molar-refractivity contribution in [3.63, 3.8) is 0 Å². The van der Waals surface area contributed by atoms with Gasteiger partial charge in [0.05, 0.1) is 23.9 Å². The van der Waals surface area contributed by atoms with Crippen molar-refractivity contribution < 1.29 is 14.3 Å². The number of rotatable bonds is 7. The van der Waals surface area contributed by atoms with E-state index in [-0.39, 0.29) is 11.0 Å². The van der Waals surface area contributed by atoms with Gasteiger partial charge in [-0.2, -0.15) is 0 Å². The zero-order valence-electron chi connectivity index (χ0n) is 16.4. The van der Waals surface area contributed by atoms with Gasteiger partial charge in [0.25, 0.3) is 5.91 Å². The maximum absolute atomic E-state index is 12.5. The smallest absolute Gasteiger partial charge is 0.257 e. The van der Waals surface area contributed by atoms with Crippen molar-refractivity contribution in [2.75, 3.05) is 19.0 Å². The molecule has 0 bridgehead atoms. The van der Waals surface area contributed by atoms with Crippen molar-refractivity contribution in [3.05, 3.63) is 88.4 Å². The first-order valence-corrected chi connectivity index (χ1v) is 10.5. The van der Waals surface area contributed by atoms with Crippen molar-refractivity contribution >= 4 is 44.9 Å². The first-order chi connectivity index (χ1) is 14.6. The molecule has 0 aliphatic carbocycles. The monoisotopic (exact) mass is 484 g/mol. The molecular formula is C23H21BrN2O3S. The second kappa shape index (κ2) is 10.8. The van der Waals surface area contributed by atoms with Crippen molar-refractivity contribution in [1.29, 1.82) is 0 Å². The molecule has 7 heteroatoms.